The van der Waals surface area contributed by atoms with E-state index in [0.717, 1.165) is 6.61 Å². The van der Waals surface area contributed by atoms with E-state index in [-0.39, 0.29) is 0 Å². The van der Waals surface area contributed by atoms with Crippen molar-refractivity contribution < 1.29 is 4.43 Å². The quantitative estimate of drug-likeness (QED) is 0.671. The van der Waals surface area contributed by atoms with Crippen molar-refractivity contribution in [3.8, 4) is 0 Å². The van der Waals surface area contributed by atoms with E-state index in [1.807, 2.05) is 6.07 Å². The van der Waals surface area contributed by atoms with E-state index in [1.54, 1.807) is 0 Å². The summed E-state index contributed by atoms with van der Waals surface area (Å²) in [5, 5.41) is 0. The fourth-order valence-electron chi connectivity index (χ4n) is 1.89. The molecule has 2 heteroatoms. The number of rotatable bonds is 6. The zero-order valence-corrected chi connectivity index (χ0v) is 12.3. The summed E-state index contributed by atoms with van der Waals surface area (Å²) < 4.78 is 6.00. The highest BCUT2D eigenvalue weighted by molar-refractivity contribution is 6.54. The molecule has 93 valence electrons. The lowest BCUT2D eigenvalue weighted by molar-refractivity contribution is 0.352. The fourth-order valence-corrected chi connectivity index (χ4v) is 4.18. The van der Waals surface area contributed by atoms with Crippen LogP contribution in [0.3, 0.4) is 0 Å². The molecular weight excluding hydrogens is 224 g/mol. The fraction of sp³-hybridized carbons (Fsp3) is 0.467. The van der Waals surface area contributed by atoms with Crippen LogP contribution in [0.15, 0.2) is 36.4 Å². The Hall–Kier alpha value is -0.863. The predicted octanol–water partition coefficient (Wildman–Crippen LogP) is 4.53. The lowest BCUT2D eigenvalue weighted by Gasteiger charge is -2.21. The van der Waals surface area contributed by atoms with Gasteiger partial charge < -0.3 is 4.43 Å². The summed E-state index contributed by atoms with van der Waals surface area (Å²) in [5.41, 5.74) is 2.58. The Morgan fingerprint density at radius 2 is 1.65 bits per heavy atom. The Kier molecular flexibility index (Phi) is 6.23. The van der Waals surface area contributed by atoms with Gasteiger partial charge in [-0.05, 0) is 16.6 Å². The van der Waals surface area contributed by atoms with Gasteiger partial charge in [0.25, 0.3) is 0 Å². The molecule has 0 aliphatic rings. The normalized spacial score (nSPS) is 12.2. The molecule has 0 spiro atoms. The van der Waals surface area contributed by atoms with Crippen LogP contribution in [0.1, 0.15) is 33.3 Å². The first-order chi connectivity index (χ1) is 8.11. The van der Waals surface area contributed by atoms with Crippen LogP contribution >= 0.6 is 0 Å². The Balaban J connectivity index is 2.39. The van der Waals surface area contributed by atoms with E-state index >= 15 is 0 Å². The van der Waals surface area contributed by atoms with Gasteiger partial charge in [0.2, 0.25) is 9.04 Å². The third-order valence-corrected chi connectivity index (χ3v) is 5.37. The highest BCUT2D eigenvalue weighted by atomic mass is 28.3. The second-order valence-corrected chi connectivity index (χ2v) is 8.24. The summed E-state index contributed by atoms with van der Waals surface area (Å²) >= 11 is 0. The van der Waals surface area contributed by atoms with E-state index in [0.29, 0.717) is 11.1 Å². The molecule has 0 amide bonds. The van der Waals surface area contributed by atoms with Crippen molar-refractivity contribution >= 4 is 15.1 Å². The number of hydrogen-bond donors (Lipinski definition) is 0. The first kappa shape index (κ1) is 14.2. The molecule has 0 bridgehead atoms. The molecule has 0 saturated carbocycles. The first-order valence-corrected chi connectivity index (χ1v) is 7.88. The summed E-state index contributed by atoms with van der Waals surface area (Å²) in [6.45, 7) is 9.77. The van der Waals surface area contributed by atoms with E-state index in [1.165, 1.54) is 5.56 Å². The summed E-state index contributed by atoms with van der Waals surface area (Å²) in [6, 6.07) is 10.4. The van der Waals surface area contributed by atoms with E-state index in [4.69, 9.17) is 4.43 Å². The van der Waals surface area contributed by atoms with Crippen molar-refractivity contribution in [2.45, 2.75) is 38.8 Å². The highest BCUT2D eigenvalue weighted by Gasteiger charge is 2.21. The second kappa shape index (κ2) is 7.46. The van der Waals surface area contributed by atoms with Crippen molar-refractivity contribution in [2.75, 3.05) is 6.61 Å². The lowest BCUT2D eigenvalue weighted by Crippen LogP contribution is -2.25. The average molecular weight is 247 g/mol. The molecule has 1 radical (unpaired) electrons. The van der Waals surface area contributed by atoms with Gasteiger partial charge in [-0.2, -0.15) is 0 Å². The second-order valence-electron chi connectivity index (χ2n) is 4.84. The predicted molar refractivity (Wildman–Crippen MR) is 77.4 cm³/mol. The maximum Gasteiger partial charge on any atom is 0.217 e. The summed E-state index contributed by atoms with van der Waals surface area (Å²) in [4.78, 5) is 0. The SMILES string of the molecule is CC(C)[Si](OC/C=C/c1ccccc1)C(C)C. The zero-order chi connectivity index (χ0) is 12.7. The van der Waals surface area contributed by atoms with Gasteiger partial charge in [-0.25, -0.2) is 0 Å². The molecule has 0 unspecified atom stereocenters. The van der Waals surface area contributed by atoms with Gasteiger partial charge in [0, 0.05) is 0 Å². The maximum atomic E-state index is 6.00. The molecule has 0 aromatic heterocycles. The summed E-state index contributed by atoms with van der Waals surface area (Å²) in [6.07, 6.45) is 4.24. The molecule has 0 aliphatic carbocycles. The van der Waals surface area contributed by atoms with Crippen LogP contribution in [-0.4, -0.2) is 15.6 Å². The van der Waals surface area contributed by atoms with E-state index < -0.39 is 9.04 Å². The monoisotopic (exact) mass is 247 g/mol. The molecule has 0 aliphatic heterocycles. The molecule has 0 N–H and O–H groups in total. The molecule has 1 aromatic carbocycles. The van der Waals surface area contributed by atoms with Crippen LogP contribution < -0.4 is 0 Å². The third-order valence-electron chi connectivity index (χ3n) is 2.59. The standard InChI is InChI=1S/C15H23OSi/c1-13(2)17(14(3)4)16-12-8-11-15-9-6-5-7-10-15/h5-11,13-14H,12H2,1-4H3/b11-8+. The van der Waals surface area contributed by atoms with Crippen LogP contribution in [0.5, 0.6) is 0 Å². The molecule has 1 rings (SSSR count). The van der Waals surface area contributed by atoms with Crippen molar-refractivity contribution in [3.63, 3.8) is 0 Å². The van der Waals surface area contributed by atoms with Gasteiger partial charge in [-0.15, -0.1) is 0 Å². The largest absolute Gasteiger partial charge is 0.412 e. The van der Waals surface area contributed by atoms with Crippen LogP contribution in [0.4, 0.5) is 0 Å². The number of benzene rings is 1. The van der Waals surface area contributed by atoms with E-state index in [2.05, 4.69) is 64.1 Å². The zero-order valence-electron chi connectivity index (χ0n) is 11.3. The average Bonchev–Trinajstić information content (AvgIpc) is 2.29. The Morgan fingerprint density at radius 1 is 1.06 bits per heavy atom. The van der Waals surface area contributed by atoms with Crippen molar-refractivity contribution in [2.24, 2.45) is 0 Å². The van der Waals surface area contributed by atoms with Crippen LogP contribution in [0.25, 0.3) is 6.08 Å². The molecule has 0 saturated heterocycles. The molecular formula is C15H23OSi. The smallest absolute Gasteiger partial charge is 0.217 e. The Labute approximate surface area is 107 Å². The van der Waals surface area contributed by atoms with Crippen LogP contribution in [-0.2, 0) is 4.43 Å². The molecule has 17 heavy (non-hydrogen) atoms. The lowest BCUT2D eigenvalue weighted by atomic mass is 10.2. The highest BCUT2D eigenvalue weighted by Crippen LogP contribution is 2.20. The topological polar surface area (TPSA) is 9.23 Å². The van der Waals surface area contributed by atoms with Crippen LogP contribution in [0.2, 0.25) is 11.1 Å². The van der Waals surface area contributed by atoms with Crippen molar-refractivity contribution in [1.82, 2.24) is 0 Å². The van der Waals surface area contributed by atoms with Crippen molar-refractivity contribution in [1.29, 1.82) is 0 Å². The summed E-state index contributed by atoms with van der Waals surface area (Å²) in [5.74, 6) is 0. The van der Waals surface area contributed by atoms with Gasteiger partial charge in [0.1, 0.15) is 0 Å². The van der Waals surface area contributed by atoms with Gasteiger partial charge in [0.15, 0.2) is 0 Å². The minimum Gasteiger partial charge on any atom is -0.412 e. The minimum absolute atomic E-state index is 0.671. The summed E-state index contributed by atoms with van der Waals surface area (Å²) in [7, 11) is -0.684. The van der Waals surface area contributed by atoms with Gasteiger partial charge in [-0.1, -0.05) is 70.2 Å². The third kappa shape index (κ3) is 5.33. The van der Waals surface area contributed by atoms with Crippen molar-refractivity contribution in [3.05, 3.63) is 42.0 Å². The molecule has 1 nitrogen and oxygen atoms in total. The van der Waals surface area contributed by atoms with Gasteiger partial charge >= 0.3 is 0 Å². The first-order valence-electron chi connectivity index (χ1n) is 6.32. The minimum atomic E-state index is -0.684. The van der Waals surface area contributed by atoms with Gasteiger partial charge in [0.05, 0.1) is 6.61 Å². The molecule has 1 aromatic rings. The molecule has 0 atom stereocenters. The van der Waals surface area contributed by atoms with Crippen LogP contribution in [0, 0.1) is 0 Å². The molecule has 0 heterocycles. The van der Waals surface area contributed by atoms with Gasteiger partial charge in [-0.3, -0.25) is 0 Å². The van der Waals surface area contributed by atoms with E-state index in [9.17, 15) is 0 Å². The maximum absolute atomic E-state index is 6.00. The number of hydrogen-bond acceptors (Lipinski definition) is 1. The Bertz CT molecular complexity index is 322. The Morgan fingerprint density at radius 3 is 2.18 bits per heavy atom. The molecule has 0 fully saturated rings.